The molecule has 5 nitrogen and oxygen atoms in total. The Labute approximate surface area is 139 Å². The number of nitrogens with zero attached hydrogens (tertiary/aromatic N) is 1. The molecule has 2 aromatic rings. The molecule has 0 aliphatic carbocycles. The number of nitrogens with one attached hydrogen (secondary N) is 1. The number of amides is 1. The number of rotatable bonds is 5. The van der Waals surface area contributed by atoms with E-state index < -0.39 is 11.5 Å². The molecule has 0 bridgehead atoms. The maximum atomic E-state index is 12.4. The summed E-state index contributed by atoms with van der Waals surface area (Å²) in [7, 11) is 1.31. The zero-order valence-corrected chi connectivity index (χ0v) is 14.5. The number of aryl methyl sites for hydroxylation is 1. The van der Waals surface area contributed by atoms with E-state index in [4.69, 9.17) is 4.74 Å². The highest BCUT2D eigenvalue weighted by Gasteiger charge is 2.34. The highest BCUT2D eigenvalue weighted by molar-refractivity contribution is 7.13. The highest BCUT2D eigenvalue weighted by atomic mass is 32.1. The van der Waals surface area contributed by atoms with Gasteiger partial charge in [0.25, 0.3) is 5.91 Å². The quantitative estimate of drug-likeness (QED) is 0.854. The lowest BCUT2D eigenvalue weighted by atomic mass is 9.98. The highest BCUT2D eigenvalue weighted by Crippen LogP contribution is 2.24. The number of thiazole rings is 1. The molecule has 6 heteroatoms. The van der Waals surface area contributed by atoms with Gasteiger partial charge >= 0.3 is 5.97 Å². The van der Waals surface area contributed by atoms with Gasteiger partial charge in [0.1, 0.15) is 10.5 Å². The molecule has 0 saturated heterocycles. The molecule has 1 amide bonds. The Morgan fingerprint density at radius 2 is 1.96 bits per heavy atom. The molecule has 0 saturated carbocycles. The van der Waals surface area contributed by atoms with Crippen molar-refractivity contribution in [3.8, 4) is 10.6 Å². The van der Waals surface area contributed by atoms with Crippen molar-refractivity contribution >= 4 is 23.2 Å². The van der Waals surface area contributed by atoms with Crippen molar-refractivity contribution in [3.63, 3.8) is 0 Å². The molecular formula is C17H20N2O3S. The smallest absolute Gasteiger partial charge is 0.331 e. The zero-order chi connectivity index (χ0) is 17.0. The second kappa shape index (κ2) is 6.91. The molecule has 0 unspecified atom stereocenters. The van der Waals surface area contributed by atoms with Crippen LogP contribution in [0.4, 0.5) is 0 Å². The van der Waals surface area contributed by atoms with E-state index in [-0.39, 0.29) is 5.91 Å². The monoisotopic (exact) mass is 332 g/mol. The summed E-state index contributed by atoms with van der Waals surface area (Å²) in [6.45, 7) is 5.43. The molecule has 0 spiro atoms. The van der Waals surface area contributed by atoms with Gasteiger partial charge in [-0.1, -0.05) is 19.1 Å². The van der Waals surface area contributed by atoms with Crippen LogP contribution in [0.25, 0.3) is 10.6 Å². The fourth-order valence-corrected chi connectivity index (χ4v) is 2.89. The van der Waals surface area contributed by atoms with E-state index in [1.54, 1.807) is 30.4 Å². The van der Waals surface area contributed by atoms with E-state index in [9.17, 15) is 9.59 Å². The van der Waals surface area contributed by atoms with Gasteiger partial charge in [-0.3, -0.25) is 4.79 Å². The van der Waals surface area contributed by atoms with Crippen molar-refractivity contribution in [2.45, 2.75) is 32.7 Å². The van der Waals surface area contributed by atoms with Crippen LogP contribution in [0.5, 0.6) is 0 Å². The first-order valence-corrected chi connectivity index (χ1v) is 8.21. The number of benzene rings is 1. The number of ether oxygens (including phenoxy) is 1. The summed E-state index contributed by atoms with van der Waals surface area (Å²) in [6.07, 6.45) is 0.446. The molecule has 1 atom stereocenters. The lowest BCUT2D eigenvalue weighted by molar-refractivity contribution is -0.147. The summed E-state index contributed by atoms with van der Waals surface area (Å²) in [4.78, 5) is 28.6. The molecule has 1 N–H and O–H groups in total. The van der Waals surface area contributed by atoms with Gasteiger partial charge in [-0.25, -0.2) is 9.78 Å². The van der Waals surface area contributed by atoms with Crippen molar-refractivity contribution in [3.05, 3.63) is 40.9 Å². The predicted octanol–water partition coefficient (Wildman–Crippen LogP) is 3.19. The number of hydrogen-bond acceptors (Lipinski definition) is 5. The SMILES string of the molecule is CC[C@@](C)(NC(=O)c1ccc(-c2nc(C)cs2)cc1)C(=O)OC. The molecular weight excluding hydrogens is 312 g/mol. The molecule has 23 heavy (non-hydrogen) atoms. The van der Waals surface area contributed by atoms with E-state index in [1.165, 1.54) is 7.11 Å². The van der Waals surface area contributed by atoms with Crippen molar-refractivity contribution in [1.29, 1.82) is 0 Å². The Bertz CT molecular complexity index is 709. The minimum absolute atomic E-state index is 0.304. The lowest BCUT2D eigenvalue weighted by Gasteiger charge is -2.26. The van der Waals surface area contributed by atoms with Crippen LogP contribution in [0.15, 0.2) is 29.6 Å². The van der Waals surface area contributed by atoms with Crippen LogP contribution >= 0.6 is 11.3 Å². The van der Waals surface area contributed by atoms with Gasteiger partial charge in [-0.2, -0.15) is 0 Å². The van der Waals surface area contributed by atoms with E-state index in [0.29, 0.717) is 12.0 Å². The number of carbonyl (C=O) groups excluding carboxylic acids is 2. The number of hydrogen-bond donors (Lipinski definition) is 1. The normalized spacial score (nSPS) is 13.2. The van der Waals surface area contributed by atoms with Crippen LogP contribution in [-0.2, 0) is 9.53 Å². The number of esters is 1. The largest absolute Gasteiger partial charge is 0.467 e. The van der Waals surface area contributed by atoms with Gasteiger partial charge < -0.3 is 10.1 Å². The summed E-state index contributed by atoms with van der Waals surface area (Å²) >= 11 is 1.56. The third kappa shape index (κ3) is 3.76. The third-order valence-corrected chi connectivity index (χ3v) is 4.75. The van der Waals surface area contributed by atoms with Crippen LogP contribution in [0, 0.1) is 6.92 Å². The zero-order valence-electron chi connectivity index (χ0n) is 13.7. The number of aromatic nitrogens is 1. The standard InChI is InChI=1S/C17H20N2O3S/c1-5-17(3,16(21)22-4)19-14(20)12-6-8-13(9-7-12)15-18-11(2)10-23-15/h6-10H,5H2,1-4H3,(H,19,20)/t17-/m1/s1. The Hall–Kier alpha value is -2.21. The van der Waals surface area contributed by atoms with Gasteiger partial charge in [0.05, 0.1) is 7.11 Å². The summed E-state index contributed by atoms with van der Waals surface area (Å²) in [5.41, 5.74) is 1.40. The molecule has 0 aliphatic heterocycles. The van der Waals surface area contributed by atoms with Gasteiger partial charge in [-0.05, 0) is 32.4 Å². The van der Waals surface area contributed by atoms with Crippen molar-refractivity contribution < 1.29 is 14.3 Å². The average Bonchev–Trinajstić information content (AvgIpc) is 3.00. The average molecular weight is 332 g/mol. The van der Waals surface area contributed by atoms with Crippen LogP contribution in [0.3, 0.4) is 0 Å². The van der Waals surface area contributed by atoms with Crippen molar-refractivity contribution in [1.82, 2.24) is 10.3 Å². The summed E-state index contributed by atoms with van der Waals surface area (Å²) in [6, 6.07) is 7.17. The van der Waals surface area contributed by atoms with Gasteiger partial charge in [0.2, 0.25) is 0 Å². The molecule has 0 fully saturated rings. The van der Waals surface area contributed by atoms with Crippen LogP contribution in [0.1, 0.15) is 36.3 Å². The first-order chi connectivity index (χ1) is 10.9. The fraction of sp³-hybridized carbons (Fsp3) is 0.353. The van der Waals surface area contributed by atoms with E-state index in [1.807, 2.05) is 31.4 Å². The maximum absolute atomic E-state index is 12.4. The minimum atomic E-state index is -1.03. The second-order valence-electron chi connectivity index (χ2n) is 5.50. The fourth-order valence-electron chi connectivity index (χ4n) is 2.08. The van der Waals surface area contributed by atoms with Crippen LogP contribution < -0.4 is 5.32 Å². The third-order valence-electron chi connectivity index (χ3n) is 3.75. The summed E-state index contributed by atoms with van der Waals surface area (Å²) in [5.74, 6) is -0.759. The Kier molecular flexibility index (Phi) is 5.15. The number of carbonyl (C=O) groups is 2. The lowest BCUT2D eigenvalue weighted by Crippen LogP contribution is -2.52. The predicted molar refractivity (Wildman–Crippen MR) is 90.5 cm³/mol. The molecule has 1 aromatic carbocycles. The molecule has 2 rings (SSSR count). The molecule has 1 heterocycles. The Balaban J connectivity index is 2.15. The summed E-state index contributed by atoms with van der Waals surface area (Å²) < 4.78 is 4.76. The molecule has 122 valence electrons. The second-order valence-corrected chi connectivity index (χ2v) is 6.36. The topological polar surface area (TPSA) is 68.3 Å². The van der Waals surface area contributed by atoms with Gasteiger partial charge in [0.15, 0.2) is 0 Å². The van der Waals surface area contributed by atoms with Crippen LogP contribution in [-0.4, -0.2) is 29.5 Å². The molecule has 0 radical (unpaired) electrons. The Morgan fingerprint density at radius 3 is 2.43 bits per heavy atom. The van der Waals surface area contributed by atoms with E-state index in [2.05, 4.69) is 10.3 Å². The van der Waals surface area contributed by atoms with E-state index >= 15 is 0 Å². The van der Waals surface area contributed by atoms with Gasteiger partial charge in [0, 0.05) is 22.2 Å². The first-order valence-electron chi connectivity index (χ1n) is 7.33. The van der Waals surface area contributed by atoms with Crippen molar-refractivity contribution in [2.24, 2.45) is 0 Å². The minimum Gasteiger partial charge on any atom is -0.467 e. The number of methoxy groups -OCH3 is 1. The van der Waals surface area contributed by atoms with Crippen molar-refractivity contribution in [2.75, 3.05) is 7.11 Å². The molecule has 1 aromatic heterocycles. The maximum Gasteiger partial charge on any atom is 0.331 e. The molecule has 0 aliphatic rings. The van der Waals surface area contributed by atoms with Gasteiger partial charge in [-0.15, -0.1) is 11.3 Å². The summed E-state index contributed by atoms with van der Waals surface area (Å²) in [5, 5.41) is 5.65. The van der Waals surface area contributed by atoms with Crippen LogP contribution in [0.2, 0.25) is 0 Å². The van der Waals surface area contributed by atoms with E-state index in [0.717, 1.165) is 16.3 Å². The Morgan fingerprint density at radius 1 is 1.30 bits per heavy atom. The first kappa shape index (κ1) is 17.1.